The van der Waals surface area contributed by atoms with Crippen molar-refractivity contribution in [2.75, 3.05) is 27.2 Å². The monoisotopic (exact) mass is 314 g/mol. The maximum atomic E-state index is 5.73. The zero-order chi connectivity index (χ0) is 13.5. The summed E-state index contributed by atoms with van der Waals surface area (Å²) < 4.78 is 6.85. The number of likely N-dealkylation sites (N-methyl/N-ethyl adjacent to an activating group) is 1. The molecular formula is C14H23BrN2O. The summed E-state index contributed by atoms with van der Waals surface area (Å²) in [7, 11) is 4.09. The lowest BCUT2D eigenvalue weighted by molar-refractivity contribution is 0.261. The Kier molecular flexibility index (Phi) is 6.68. The molecule has 0 atom stereocenters. The minimum absolute atomic E-state index is 0.482. The van der Waals surface area contributed by atoms with Gasteiger partial charge in [0.25, 0.3) is 0 Å². The molecule has 3 nitrogen and oxygen atoms in total. The van der Waals surface area contributed by atoms with Crippen LogP contribution in [0.25, 0.3) is 0 Å². The second-order valence-corrected chi connectivity index (χ2v) is 5.79. The van der Waals surface area contributed by atoms with Gasteiger partial charge in [0.1, 0.15) is 12.4 Å². The molecule has 0 fully saturated rings. The Morgan fingerprint density at radius 2 is 2.06 bits per heavy atom. The van der Waals surface area contributed by atoms with Crippen LogP contribution in [0.5, 0.6) is 5.75 Å². The topological polar surface area (TPSA) is 24.5 Å². The van der Waals surface area contributed by atoms with Gasteiger partial charge in [-0.15, -0.1) is 0 Å². The van der Waals surface area contributed by atoms with Crippen LogP contribution in [-0.4, -0.2) is 38.2 Å². The second kappa shape index (κ2) is 7.77. The summed E-state index contributed by atoms with van der Waals surface area (Å²) in [5.41, 5.74) is 1.23. The molecule has 0 heterocycles. The van der Waals surface area contributed by atoms with Gasteiger partial charge in [-0.25, -0.2) is 0 Å². The SMILES string of the molecule is CC(C)NCc1cc(OCCN(C)C)ccc1Br. The predicted octanol–water partition coefficient (Wildman–Crippen LogP) is 2.89. The van der Waals surface area contributed by atoms with E-state index < -0.39 is 0 Å². The average Bonchev–Trinajstić information content (AvgIpc) is 2.29. The molecule has 1 aromatic carbocycles. The van der Waals surface area contributed by atoms with E-state index in [1.165, 1.54) is 5.56 Å². The van der Waals surface area contributed by atoms with Crippen LogP contribution in [0.2, 0.25) is 0 Å². The number of halogens is 1. The van der Waals surface area contributed by atoms with Crippen LogP contribution in [0.4, 0.5) is 0 Å². The molecule has 1 N–H and O–H groups in total. The van der Waals surface area contributed by atoms with Crippen LogP contribution in [0.15, 0.2) is 22.7 Å². The summed E-state index contributed by atoms with van der Waals surface area (Å²) in [5, 5.41) is 3.41. The number of nitrogens with one attached hydrogen (secondary N) is 1. The molecule has 0 saturated carbocycles. The van der Waals surface area contributed by atoms with Gasteiger partial charge in [-0.2, -0.15) is 0 Å². The lowest BCUT2D eigenvalue weighted by atomic mass is 10.2. The molecule has 18 heavy (non-hydrogen) atoms. The largest absolute Gasteiger partial charge is 0.492 e. The van der Waals surface area contributed by atoms with Crippen molar-refractivity contribution in [3.63, 3.8) is 0 Å². The van der Waals surface area contributed by atoms with E-state index in [1.807, 2.05) is 26.2 Å². The van der Waals surface area contributed by atoms with Gasteiger partial charge in [-0.3, -0.25) is 0 Å². The Morgan fingerprint density at radius 3 is 2.67 bits per heavy atom. The minimum atomic E-state index is 0.482. The molecule has 0 saturated heterocycles. The Hall–Kier alpha value is -0.580. The van der Waals surface area contributed by atoms with E-state index in [2.05, 4.69) is 46.1 Å². The van der Waals surface area contributed by atoms with Crippen LogP contribution in [0.3, 0.4) is 0 Å². The van der Waals surface area contributed by atoms with Crippen LogP contribution in [0.1, 0.15) is 19.4 Å². The maximum absolute atomic E-state index is 5.73. The molecular weight excluding hydrogens is 292 g/mol. The summed E-state index contributed by atoms with van der Waals surface area (Å²) in [4.78, 5) is 2.11. The van der Waals surface area contributed by atoms with Crippen molar-refractivity contribution in [2.24, 2.45) is 0 Å². The first-order chi connectivity index (χ1) is 8.49. The Labute approximate surface area is 119 Å². The fourth-order valence-electron chi connectivity index (χ4n) is 1.44. The molecule has 4 heteroatoms. The summed E-state index contributed by atoms with van der Waals surface area (Å²) in [6.45, 7) is 6.78. The first-order valence-corrected chi connectivity index (χ1v) is 7.07. The van der Waals surface area contributed by atoms with E-state index in [0.717, 1.165) is 23.3 Å². The van der Waals surface area contributed by atoms with Crippen molar-refractivity contribution in [3.05, 3.63) is 28.2 Å². The third-order valence-corrected chi connectivity index (χ3v) is 3.30. The molecule has 1 rings (SSSR count). The van der Waals surface area contributed by atoms with E-state index in [4.69, 9.17) is 4.74 Å². The third kappa shape index (κ3) is 5.85. The smallest absolute Gasteiger partial charge is 0.119 e. The second-order valence-electron chi connectivity index (χ2n) is 4.94. The number of ether oxygens (including phenoxy) is 1. The average molecular weight is 315 g/mol. The zero-order valence-corrected chi connectivity index (χ0v) is 13.3. The van der Waals surface area contributed by atoms with Crippen molar-refractivity contribution >= 4 is 15.9 Å². The van der Waals surface area contributed by atoms with Crippen LogP contribution < -0.4 is 10.1 Å². The van der Waals surface area contributed by atoms with Gasteiger partial charge in [0, 0.05) is 23.6 Å². The molecule has 0 spiro atoms. The van der Waals surface area contributed by atoms with Crippen molar-refractivity contribution in [2.45, 2.75) is 26.4 Å². The van der Waals surface area contributed by atoms with Crippen molar-refractivity contribution in [3.8, 4) is 5.75 Å². The molecule has 0 radical (unpaired) electrons. The van der Waals surface area contributed by atoms with Gasteiger partial charge in [0.15, 0.2) is 0 Å². The highest BCUT2D eigenvalue weighted by Gasteiger charge is 2.03. The molecule has 0 amide bonds. The van der Waals surface area contributed by atoms with E-state index in [9.17, 15) is 0 Å². The Bertz CT molecular complexity index is 367. The number of rotatable bonds is 7. The summed E-state index contributed by atoms with van der Waals surface area (Å²) in [5.74, 6) is 0.931. The van der Waals surface area contributed by atoms with Gasteiger partial charge < -0.3 is 15.0 Å². The predicted molar refractivity (Wildman–Crippen MR) is 80.2 cm³/mol. The van der Waals surface area contributed by atoms with Gasteiger partial charge >= 0.3 is 0 Å². The Morgan fingerprint density at radius 1 is 1.33 bits per heavy atom. The highest BCUT2D eigenvalue weighted by molar-refractivity contribution is 9.10. The molecule has 0 bridgehead atoms. The van der Waals surface area contributed by atoms with Gasteiger partial charge in [-0.05, 0) is 37.9 Å². The lowest BCUT2D eigenvalue weighted by Crippen LogP contribution is -2.22. The quantitative estimate of drug-likeness (QED) is 0.837. The van der Waals surface area contributed by atoms with Crippen molar-refractivity contribution in [1.29, 1.82) is 0 Å². The number of benzene rings is 1. The van der Waals surface area contributed by atoms with Gasteiger partial charge in [0.05, 0.1) is 0 Å². The summed E-state index contributed by atoms with van der Waals surface area (Å²) in [6, 6.07) is 6.62. The molecule has 0 aliphatic carbocycles. The molecule has 0 aliphatic heterocycles. The number of hydrogen-bond donors (Lipinski definition) is 1. The van der Waals surface area contributed by atoms with Crippen LogP contribution >= 0.6 is 15.9 Å². The first kappa shape index (κ1) is 15.5. The third-order valence-electron chi connectivity index (χ3n) is 2.53. The van der Waals surface area contributed by atoms with Crippen molar-refractivity contribution < 1.29 is 4.74 Å². The molecule has 1 aromatic rings. The number of nitrogens with zero attached hydrogens (tertiary/aromatic N) is 1. The zero-order valence-electron chi connectivity index (χ0n) is 11.7. The van der Waals surface area contributed by atoms with E-state index in [1.54, 1.807) is 0 Å². The molecule has 0 aliphatic rings. The lowest BCUT2D eigenvalue weighted by Gasteiger charge is -2.14. The maximum Gasteiger partial charge on any atom is 0.119 e. The van der Waals surface area contributed by atoms with E-state index in [-0.39, 0.29) is 0 Å². The summed E-state index contributed by atoms with van der Waals surface area (Å²) >= 11 is 3.57. The summed E-state index contributed by atoms with van der Waals surface area (Å²) in [6.07, 6.45) is 0. The Balaban J connectivity index is 2.56. The van der Waals surface area contributed by atoms with Crippen LogP contribution in [0, 0.1) is 0 Å². The highest BCUT2D eigenvalue weighted by atomic mass is 79.9. The van der Waals surface area contributed by atoms with Gasteiger partial charge in [0.2, 0.25) is 0 Å². The molecule has 0 unspecified atom stereocenters. The number of hydrogen-bond acceptors (Lipinski definition) is 3. The normalized spacial score (nSPS) is 11.3. The highest BCUT2D eigenvalue weighted by Crippen LogP contribution is 2.22. The molecule has 0 aromatic heterocycles. The standard InChI is InChI=1S/C14H23BrN2O/c1-11(2)16-10-12-9-13(5-6-14(12)15)18-8-7-17(3)4/h5-6,9,11,16H,7-8,10H2,1-4H3. The van der Waals surface area contributed by atoms with E-state index >= 15 is 0 Å². The minimum Gasteiger partial charge on any atom is -0.492 e. The van der Waals surface area contributed by atoms with Gasteiger partial charge in [-0.1, -0.05) is 29.8 Å². The van der Waals surface area contributed by atoms with Crippen LogP contribution in [-0.2, 0) is 6.54 Å². The fourth-order valence-corrected chi connectivity index (χ4v) is 1.82. The van der Waals surface area contributed by atoms with E-state index in [0.29, 0.717) is 12.6 Å². The fraction of sp³-hybridized carbons (Fsp3) is 0.571. The first-order valence-electron chi connectivity index (χ1n) is 6.28. The van der Waals surface area contributed by atoms with Crippen molar-refractivity contribution in [1.82, 2.24) is 10.2 Å². The molecule has 102 valence electrons.